The predicted octanol–water partition coefficient (Wildman–Crippen LogP) is 5.44. The third-order valence-electron chi connectivity index (χ3n) is 5.98. The lowest BCUT2D eigenvalue weighted by Gasteiger charge is -2.38. The van der Waals surface area contributed by atoms with E-state index in [1.807, 2.05) is 0 Å². The highest BCUT2D eigenvalue weighted by atomic mass is 31.2. The van der Waals surface area contributed by atoms with Crippen molar-refractivity contribution < 1.29 is 0 Å². The minimum Gasteiger partial charge on any atom is -0.335 e. The summed E-state index contributed by atoms with van der Waals surface area (Å²) in [6, 6.07) is 40.3. The quantitative estimate of drug-likeness (QED) is 0.418. The number of benzene rings is 4. The highest BCUT2D eigenvalue weighted by Gasteiger charge is 2.50. The lowest BCUT2D eigenvalue weighted by Crippen LogP contribution is -2.43. The molecule has 0 unspecified atom stereocenters. The standard InChI is InChI=1S/C27H25NP/c1-22-16-18-23(19-17-22)28-20-21-29(24-10-4-2-5-11-24,25-12-6-3-7-13-25)27-15-9-8-14-26(27)28/h2-19H,20-21H2,1H3/q+1. The average molecular weight is 394 g/mol. The van der Waals surface area contributed by atoms with Gasteiger partial charge in [-0.15, -0.1) is 0 Å². The summed E-state index contributed by atoms with van der Waals surface area (Å²) in [4.78, 5) is 2.50. The molecule has 29 heavy (non-hydrogen) atoms. The van der Waals surface area contributed by atoms with E-state index in [1.165, 1.54) is 32.9 Å². The minimum atomic E-state index is -1.69. The average Bonchev–Trinajstić information content (AvgIpc) is 2.80. The molecule has 4 aromatic carbocycles. The van der Waals surface area contributed by atoms with Crippen molar-refractivity contribution in [3.8, 4) is 0 Å². The molecule has 0 atom stereocenters. The Balaban J connectivity index is 1.74. The molecule has 1 nitrogen and oxygen atoms in total. The number of nitrogens with zero attached hydrogens (tertiary/aromatic N) is 1. The Labute approximate surface area is 174 Å². The van der Waals surface area contributed by atoms with Crippen LogP contribution in [0.4, 0.5) is 11.4 Å². The van der Waals surface area contributed by atoms with Crippen molar-refractivity contribution in [3.63, 3.8) is 0 Å². The Morgan fingerprint density at radius 1 is 0.621 bits per heavy atom. The zero-order valence-corrected chi connectivity index (χ0v) is 17.6. The van der Waals surface area contributed by atoms with E-state index in [0.29, 0.717) is 0 Å². The molecule has 0 N–H and O–H groups in total. The van der Waals surface area contributed by atoms with Crippen molar-refractivity contribution in [1.82, 2.24) is 0 Å². The van der Waals surface area contributed by atoms with Crippen LogP contribution in [-0.2, 0) is 0 Å². The van der Waals surface area contributed by atoms with Gasteiger partial charge in [-0.3, -0.25) is 0 Å². The number of fused-ring (bicyclic) bond motifs is 1. The van der Waals surface area contributed by atoms with Gasteiger partial charge in [0.25, 0.3) is 0 Å². The van der Waals surface area contributed by atoms with E-state index in [9.17, 15) is 0 Å². The van der Waals surface area contributed by atoms with Gasteiger partial charge in [-0.05, 0) is 55.5 Å². The second kappa shape index (κ2) is 7.50. The molecule has 0 saturated carbocycles. The van der Waals surface area contributed by atoms with Gasteiger partial charge in [-0.25, -0.2) is 0 Å². The maximum absolute atomic E-state index is 2.50. The monoisotopic (exact) mass is 394 g/mol. The molecule has 5 rings (SSSR count). The van der Waals surface area contributed by atoms with Crippen LogP contribution in [0.25, 0.3) is 0 Å². The lowest BCUT2D eigenvalue weighted by atomic mass is 10.2. The van der Waals surface area contributed by atoms with Crippen LogP contribution in [0.1, 0.15) is 5.56 Å². The highest BCUT2D eigenvalue weighted by molar-refractivity contribution is 7.96. The Kier molecular flexibility index (Phi) is 4.70. The molecule has 2 heteroatoms. The molecule has 0 amide bonds. The molecule has 0 spiro atoms. The predicted molar refractivity (Wildman–Crippen MR) is 128 cm³/mol. The summed E-state index contributed by atoms with van der Waals surface area (Å²) in [5.74, 6) is 0. The summed E-state index contributed by atoms with van der Waals surface area (Å²) >= 11 is 0. The van der Waals surface area contributed by atoms with Gasteiger partial charge in [0, 0.05) is 5.69 Å². The van der Waals surface area contributed by atoms with Gasteiger partial charge in [-0.1, -0.05) is 66.2 Å². The van der Waals surface area contributed by atoms with Crippen LogP contribution in [-0.4, -0.2) is 12.7 Å². The van der Waals surface area contributed by atoms with Crippen LogP contribution in [0.2, 0.25) is 0 Å². The van der Waals surface area contributed by atoms with Crippen molar-refractivity contribution in [2.75, 3.05) is 17.6 Å². The topological polar surface area (TPSA) is 3.24 Å². The molecule has 1 heterocycles. The van der Waals surface area contributed by atoms with Gasteiger partial charge < -0.3 is 4.90 Å². The molecule has 0 bridgehead atoms. The first kappa shape index (κ1) is 18.2. The van der Waals surface area contributed by atoms with Crippen LogP contribution in [0, 0.1) is 6.92 Å². The molecule has 0 saturated heterocycles. The molecular weight excluding hydrogens is 369 g/mol. The van der Waals surface area contributed by atoms with E-state index in [-0.39, 0.29) is 0 Å². The maximum atomic E-state index is 2.50. The summed E-state index contributed by atoms with van der Waals surface area (Å²) in [5.41, 5.74) is 3.93. The smallest absolute Gasteiger partial charge is 0.128 e. The largest absolute Gasteiger partial charge is 0.335 e. The SMILES string of the molecule is Cc1ccc(N2CC[P+](c3ccccc3)(c3ccccc3)c3ccccc32)cc1. The Morgan fingerprint density at radius 2 is 1.17 bits per heavy atom. The summed E-state index contributed by atoms with van der Waals surface area (Å²) in [7, 11) is -1.69. The Bertz CT molecular complexity index is 1060. The second-order valence-corrected chi connectivity index (χ2v) is 11.3. The van der Waals surface area contributed by atoms with Gasteiger partial charge >= 0.3 is 0 Å². The Morgan fingerprint density at radius 3 is 1.79 bits per heavy atom. The molecule has 0 aromatic heterocycles. The van der Waals surface area contributed by atoms with Gasteiger partial charge in [-0.2, -0.15) is 0 Å². The molecule has 0 aliphatic carbocycles. The van der Waals surface area contributed by atoms with E-state index in [2.05, 4.69) is 121 Å². The lowest BCUT2D eigenvalue weighted by molar-refractivity contribution is 1.02. The molecule has 1 aliphatic heterocycles. The third-order valence-corrected chi connectivity index (χ3v) is 10.4. The van der Waals surface area contributed by atoms with E-state index in [1.54, 1.807) is 0 Å². The molecular formula is C27H25NP+. The van der Waals surface area contributed by atoms with Gasteiger partial charge in [0.2, 0.25) is 0 Å². The van der Waals surface area contributed by atoms with Crippen molar-refractivity contribution in [2.45, 2.75) is 6.92 Å². The summed E-state index contributed by atoms with van der Waals surface area (Å²) in [6.07, 6.45) is 1.14. The van der Waals surface area contributed by atoms with E-state index < -0.39 is 7.26 Å². The zero-order chi connectivity index (χ0) is 19.7. The van der Waals surface area contributed by atoms with Crippen molar-refractivity contribution in [3.05, 3.63) is 115 Å². The molecule has 4 aromatic rings. The van der Waals surface area contributed by atoms with Crippen LogP contribution >= 0.6 is 7.26 Å². The van der Waals surface area contributed by atoms with Crippen molar-refractivity contribution in [1.29, 1.82) is 0 Å². The molecule has 0 fully saturated rings. The summed E-state index contributed by atoms with van der Waals surface area (Å²) in [6.45, 7) is 3.17. The zero-order valence-electron chi connectivity index (χ0n) is 16.7. The normalized spacial score (nSPS) is 15.0. The molecule has 142 valence electrons. The first-order valence-electron chi connectivity index (χ1n) is 10.2. The number of anilines is 2. The van der Waals surface area contributed by atoms with Gasteiger partial charge in [0.15, 0.2) is 0 Å². The number of rotatable bonds is 3. The minimum absolute atomic E-state index is 1.03. The van der Waals surface area contributed by atoms with Crippen LogP contribution in [0.3, 0.4) is 0 Å². The number of aryl methyl sites for hydroxylation is 1. The third kappa shape index (κ3) is 3.07. The van der Waals surface area contributed by atoms with E-state index in [4.69, 9.17) is 0 Å². The molecule has 1 aliphatic rings. The number of para-hydroxylation sites is 1. The second-order valence-electron chi connectivity index (χ2n) is 7.68. The highest BCUT2D eigenvalue weighted by Crippen LogP contribution is 2.59. The van der Waals surface area contributed by atoms with E-state index >= 15 is 0 Å². The van der Waals surface area contributed by atoms with Gasteiger partial charge in [0.05, 0.1) is 18.4 Å². The summed E-state index contributed by atoms with van der Waals surface area (Å²) < 4.78 is 0. The number of hydrogen-bond acceptors (Lipinski definition) is 1. The first-order valence-corrected chi connectivity index (χ1v) is 12.2. The van der Waals surface area contributed by atoms with Crippen LogP contribution < -0.4 is 20.8 Å². The van der Waals surface area contributed by atoms with E-state index in [0.717, 1.165) is 12.7 Å². The first-order chi connectivity index (χ1) is 14.3. The van der Waals surface area contributed by atoms with Crippen LogP contribution in [0.5, 0.6) is 0 Å². The van der Waals surface area contributed by atoms with Crippen molar-refractivity contribution >= 4 is 34.6 Å². The summed E-state index contributed by atoms with van der Waals surface area (Å²) in [5, 5.41) is 4.44. The number of hydrogen-bond donors (Lipinski definition) is 0. The Hall–Kier alpha value is -2.89. The fraction of sp³-hybridized carbons (Fsp3) is 0.111. The maximum Gasteiger partial charge on any atom is 0.128 e. The molecule has 0 radical (unpaired) electrons. The fourth-order valence-electron chi connectivity index (χ4n) is 4.55. The van der Waals surface area contributed by atoms with Crippen molar-refractivity contribution in [2.24, 2.45) is 0 Å². The van der Waals surface area contributed by atoms with Gasteiger partial charge in [0.1, 0.15) is 23.2 Å². The van der Waals surface area contributed by atoms with Crippen LogP contribution in [0.15, 0.2) is 109 Å². The fourth-order valence-corrected chi connectivity index (χ4v) is 8.95.